The molecular weight excluding hydrogens is 302 g/mol. The summed E-state index contributed by atoms with van der Waals surface area (Å²) in [5.74, 6) is 1.63. The van der Waals surface area contributed by atoms with Crippen molar-refractivity contribution in [2.45, 2.75) is 31.2 Å². The number of hydrogen-bond acceptors (Lipinski definition) is 5. The maximum absolute atomic E-state index is 8.96. The molecule has 2 fully saturated rings. The van der Waals surface area contributed by atoms with Gasteiger partial charge in [-0.2, -0.15) is 15.5 Å². The van der Waals surface area contributed by atoms with E-state index in [-0.39, 0.29) is 6.04 Å². The summed E-state index contributed by atoms with van der Waals surface area (Å²) in [6.45, 7) is 1.78. The van der Waals surface area contributed by atoms with Gasteiger partial charge in [-0.25, -0.2) is 9.50 Å². The fraction of sp³-hybridized carbons (Fsp3) is 0.412. The van der Waals surface area contributed by atoms with E-state index in [2.05, 4.69) is 27.1 Å². The van der Waals surface area contributed by atoms with Crippen molar-refractivity contribution in [3.63, 3.8) is 0 Å². The number of aromatic nitrogens is 5. The number of hydrogen-bond donors (Lipinski definition) is 0. The van der Waals surface area contributed by atoms with Crippen molar-refractivity contribution in [2.75, 3.05) is 18.0 Å². The molecule has 0 radical (unpaired) electrons. The summed E-state index contributed by atoms with van der Waals surface area (Å²) in [5, 5.41) is 18.0. The molecule has 1 saturated heterocycles. The van der Waals surface area contributed by atoms with Crippen LogP contribution in [0, 0.1) is 11.3 Å². The quantitative estimate of drug-likeness (QED) is 0.739. The maximum Gasteiger partial charge on any atom is 0.154 e. The lowest BCUT2D eigenvalue weighted by Crippen LogP contribution is -2.22. The normalized spacial score (nSPS) is 20.6. The van der Waals surface area contributed by atoms with Crippen molar-refractivity contribution in [3.8, 4) is 6.07 Å². The molecule has 1 saturated carbocycles. The minimum Gasteiger partial charge on any atom is -0.353 e. The Labute approximate surface area is 139 Å². The minimum absolute atomic E-state index is 0.278. The molecule has 0 amide bonds. The van der Waals surface area contributed by atoms with Gasteiger partial charge in [-0.3, -0.25) is 4.68 Å². The molecule has 1 aliphatic heterocycles. The van der Waals surface area contributed by atoms with E-state index in [1.165, 1.54) is 18.5 Å². The van der Waals surface area contributed by atoms with Gasteiger partial charge < -0.3 is 4.90 Å². The van der Waals surface area contributed by atoms with E-state index >= 15 is 0 Å². The second-order valence-corrected chi connectivity index (χ2v) is 6.63. The van der Waals surface area contributed by atoms with Gasteiger partial charge in [-0.05, 0) is 25.3 Å². The Kier molecular flexibility index (Phi) is 2.86. The van der Waals surface area contributed by atoms with Gasteiger partial charge in [0.15, 0.2) is 5.82 Å². The van der Waals surface area contributed by atoms with Crippen molar-refractivity contribution in [1.29, 1.82) is 5.26 Å². The summed E-state index contributed by atoms with van der Waals surface area (Å²) >= 11 is 0. The molecule has 1 atom stereocenters. The van der Waals surface area contributed by atoms with Crippen LogP contribution in [0.1, 0.15) is 42.5 Å². The number of anilines is 1. The van der Waals surface area contributed by atoms with Crippen LogP contribution >= 0.6 is 0 Å². The average molecular weight is 319 g/mol. The van der Waals surface area contributed by atoms with Crippen LogP contribution in [0.5, 0.6) is 0 Å². The third-order valence-corrected chi connectivity index (χ3v) is 4.95. The molecule has 1 unspecified atom stereocenters. The molecule has 120 valence electrons. The first-order valence-corrected chi connectivity index (χ1v) is 8.35. The van der Waals surface area contributed by atoms with Crippen LogP contribution in [0.4, 0.5) is 5.82 Å². The average Bonchev–Trinajstić information content (AvgIpc) is 3.06. The van der Waals surface area contributed by atoms with Crippen molar-refractivity contribution < 1.29 is 0 Å². The van der Waals surface area contributed by atoms with Crippen molar-refractivity contribution in [3.05, 3.63) is 42.1 Å². The molecule has 4 heterocycles. The number of fused-ring (bicyclic) bond motifs is 1. The first-order valence-electron chi connectivity index (χ1n) is 8.35. The summed E-state index contributed by atoms with van der Waals surface area (Å²) < 4.78 is 3.86. The van der Waals surface area contributed by atoms with E-state index in [1.54, 1.807) is 6.20 Å². The summed E-state index contributed by atoms with van der Waals surface area (Å²) in [6.07, 6.45) is 10.7. The number of rotatable bonds is 3. The molecule has 0 N–H and O–H groups in total. The Hall–Kier alpha value is -2.88. The minimum atomic E-state index is 0.278. The van der Waals surface area contributed by atoms with Gasteiger partial charge in [0.2, 0.25) is 0 Å². The van der Waals surface area contributed by atoms with Crippen molar-refractivity contribution >= 4 is 11.3 Å². The van der Waals surface area contributed by atoms with E-state index in [0.29, 0.717) is 11.5 Å². The van der Waals surface area contributed by atoms with Crippen LogP contribution in [0.25, 0.3) is 5.52 Å². The van der Waals surface area contributed by atoms with Gasteiger partial charge in [0.1, 0.15) is 11.6 Å². The third kappa shape index (κ3) is 2.14. The lowest BCUT2D eigenvalue weighted by Gasteiger charge is -2.18. The van der Waals surface area contributed by atoms with Crippen LogP contribution < -0.4 is 4.90 Å². The predicted octanol–water partition coefficient (Wildman–Crippen LogP) is 2.13. The second kappa shape index (κ2) is 5.06. The van der Waals surface area contributed by atoms with Crippen LogP contribution in [-0.2, 0) is 0 Å². The zero-order valence-electron chi connectivity index (χ0n) is 13.2. The van der Waals surface area contributed by atoms with Gasteiger partial charge in [-0.1, -0.05) is 0 Å². The van der Waals surface area contributed by atoms with Crippen LogP contribution in [0.3, 0.4) is 0 Å². The van der Waals surface area contributed by atoms with Crippen LogP contribution in [0.15, 0.2) is 30.9 Å². The van der Waals surface area contributed by atoms with Crippen molar-refractivity contribution in [2.24, 2.45) is 0 Å². The Bertz CT molecular complexity index is 943. The highest BCUT2D eigenvalue weighted by molar-refractivity contribution is 5.69. The fourth-order valence-electron chi connectivity index (χ4n) is 3.50. The Morgan fingerprint density at radius 2 is 2.17 bits per heavy atom. The summed E-state index contributed by atoms with van der Waals surface area (Å²) in [6, 6.07) is 4.60. The van der Waals surface area contributed by atoms with Gasteiger partial charge >= 0.3 is 0 Å². The first kappa shape index (κ1) is 13.5. The molecule has 0 bridgehead atoms. The Balaban J connectivity index is 1.44. The molecule has 1 aliphatic carbocycles. The van der Waals surface area contributed by atoms with Gasteiger partial charge in [0, 0.05) is 37.6 Å². The monoisotopic (exact) mass is 319 g/mol. The predicted molar refractivity (Wildman–Crippen MR) is 87.8 cm³/mol. The second-order valence-electron chi connectivity index (χ2n) is 6.63. The van der Waals surface area contributed by atoms with E-state index in [0.717, 1.165) is 30.8 Å². The van der Waals surface area contributed by atoms with Gasteiger partial charge in [0.25, 0.3) is 0 Å². The topological polar surface area (TPSA) is 75.0 Å². The fourth-order valence-corrected chi connectivity index (χ4v) is 3.50. The molecule has 3 aromatic heterocycles. The van der Waals surface area contributed by atoms with Gasteiger partial charge in [0.05, 0.1) is 23.5 Å². The molecule has 0 spiro atoms. The van der Waals surface area contributed by atoms with E-state index in [4.69, 9.17) is 10.4 Å². The van der Waals surface area contributed by atoms with E-state index in [9.17, 15) is 0 Å². The highest BCUT2D eigenvalue weighted by Crippen LogP contribution is 2.40. The van der Waals surface area contributed by atoms with E-state index in [1.807, 2.05) is 27.8 Å². The highest BCUT2D eigenvalue weighted by Gasteiger charge is 2.29. The molecule has 0 aromatic carbocycles. The van der Waals surface area contributed by atoms with Crippen LogP contribution in [-0.4, -0.2) is 37.5 Å². The molecular formula is C17H17N7. The zero-order chi connectivity index (χ0) is 16.1. The Morgan fingerprint density at radius 1 is 1.25 bits per heavy atom. The van der Waals surface area contributed by atoms with Crippen molar-refractivity contribution in [1.82, 2.24) is 24.4 Å². The molecule has 7 heteroatoms. The molecule has 5 rings (SSSR count). The summed E-state index contributed by atoms with van der Waals surface area (Å²) in [7, 11) is 0. The van der Waals surface area contributed by atoms with Gasteiger partial charge in [-0.15, -0.1) is 0 Å². The molecule has 24 heavy (non-hydrogen) atoms. The lowest BCUT2D eigenvalue weighted by molar-refractivity contribution is 0.494. The summed E-state index contributed by atoms with van der Waals surface area (Å²) in [4.78, 5) is 6.91. The maximum atomic E-state index is 8.96. The number of nitriles is 1. The van der Waals surface area contributed by atoms with E-state index < -0.39 is 0 Å². The smallest absolute Gasteiger partial charge is 0.154 e. The molecule has 7 nitrogen and oxygen atoms in total. The zero-order valence-corrected chi connectivity index (χ0v) is 13.2. The largest absolute Gasteiger partial charge is 0.353 e. The lowest BCUT2D eigenvalue weighted by atomic mass is 10.3. The summed E-state index contributed by atoms with van der Waals surface area (Å²) in [5.41, 5.74) is 2.88. The standard InChI is InChI=1S/C17H17N7/c18-8-12-9-20-24(10-12)14-3-5-22(11-14)17-16-7-15(13-1-2-13)21-23(16)6-4-19-17/h4,6-7,9-10,13-14H,1-3,5,11H2. The highest BCUT2D eigenvalue weighted by atomic mass is 15.3. The SMILES string of the molecule is N#Cc1cnn(C2CCN(c3nccn4nc(C5CC5)cc34)C2)c1. The Morgan fingerprint density at radius 3 is 2.96 bits per heavy atom. The number of nitrogens with zero attached hydrogens (tertiary/aromatic N) is 7. The molecule has 2 aliphatic rings. The molecule has 3 aromatic rings. The van der Waals surface area contributed by atoms with Crippen LogP contribution in [0.2, 0.25) is 0 Å². The first-order chi connectivity index (χ1) is 11.8. The third-order valence-electron chi connectivity index (χ3n) is 4.95.